The second kappa shape index (κ2) is 5.67. The van der Waals surface area contributed by atoms with Crippen LogP contribution in [-0.2, 0) is 0 Å². The summed E-state index contributed by atoms with van der Waals surface area (Å²) >= 11 is 11.1. The number of rotatable bonds is 2. The van der Waals surface area contributed by atoms with E-state index in [9.17, 15) is 4.39 Å². The van der Waals surface area contributed by atoms with Gasteiger partial charge < -0.3 is 0 Å². The number of hydrogen-bond donors (Lipinski definition) is 0. The van der Waals surface area contributed by atoms with Gasteiger partial charge in [0.15, 0.2) is 0 Å². The minimum absolute atomic E-state index is 0.109. The lowest BCUT2D eigenvalue weighted by molar-refractivity contribution is 0.626. The van der Waals surface area contributed by atoms with Crippen LogP contribution in [0.2, 0.25) is 0 Å². The molecule has 0 bridgehead atoms. The molecule has 1 heterocycles. The van der Waals surface area contributed by atoms with Crippen molar-refractivity contribution in [3.63, 3.8) is 0 Å². The van der Waals surface area contributed by atoms with Crippen LogP contribution in [0.5, 0.6) is 0 Å². The number of thiophene rings is 1. The van der Waals surface area contributed by atoms with Crippen molar-refractivity contribution >= 4 is 65.8 Å². The number of benzene rings is 1. The number of hydrogen-bond acceptors (Lipinski definition) is 1. The Morgan fingerprint density at radius 1 is 1.29 bits per heavy atom. The second-order valence-electron chi connectivity index (χ2n) is 3.59. The van der Waals surface area contributed by atoms with E-state index in [2.05, 4.69) is 67.4 Å². The monoisotopic (exact) mass is 488 g/mol. The first kappa shape index (κ1) is 14.0. The Kier molecular flexibility index (Phi) is 4.66. The Balaban J connectivity index is 2.43. The van der Waals surface area contributed by atoms with Gasteiger partial charge in [-0.25, -0.2) is 4.39 Å². The van der Waals surface area contributed by atoms with Crippen molar-refractivity contribution in [2.45, 2.75) is 11.8 Å². The van der Waals surface area contributed by atoms with Crippen LogP contribution in [0.4, 0.5) is 4.39 Å². The lowest BCUT2D eigenvalue weighted by atomic mass is 10.1. The molecule has 1 aromatic heterocycles. The zero-order valence-electron chi connectivity index (χ0n) is 8.81. The molecule has 1 aromatic carbocycles. The van der Waals surface area contributed by atoms with E-state index in [-0.39, 0.29) is 10.6 Å². The molecule has 0 spiro atoms. The molecule has 1 unspecified atom stereocenters. The minimum Gasteiger partial charge on any atom is -0.207 e. The standard InChI is InChI=1S/C12H8Br2FIS/c1-6-9(5-11(13)17-6)12(14)8-3-2-7(15)4-10(8)16/h2-5,12H,1H3. The summed E-state index contributed by atoms with van der Waals surface area (Å²) in [5.41, 5.74) is 2.33. The Labute approximate surface area is 134 Å². The molecule has 2 aromatic rings. The van der Waals surface area contributed by atoms with Gasteiger partial charge in [0.05, 0.1) is 8.61 Å². The van der Waals surface area contributed by atoms with Crippen molar-refractivity contribution in [1.82, 2.24) is 0 Å². The first-order valence-corrected chi connectivity index (χ1v) is 8.44. The predicted octanol–water partition coefficient (Wildman–Crippen LogP) is 6.05. The van der Waals surface area contributed by atoms with Gasteiger partial charge >= 0.3 is 0 Å². The summed E-state index contributed by atoms with van der Waals surface area (Å²) in [6, 6.07) is 7.00. The first-order valence-electron chi connectivity index (χ1n) is 4.84. The molecule has 0 N–H and O–H groups in total. The highest BCUT2D eigenvalue weighted by Gasteiger charge is 2.17. The van der Waals surface area contributed by atoms with Gasteiger partial charge in [0.25, 0.3) is 0 Å². The minimum atomic E-state index is -0.193. The molecular formula is C12H8Br2FIS. The Bertz CT molecular complexity index is 553. The summed E-state index contributed by atoms with van der Waals surface area (Å²) in [5, 5.41) is 0. The van der Waals surface area contributed by atoms with E-state index in [0.29, 0.717) is 0 Å². The zero-order chi connectivity index (χ0) is 12.6. The van der Waals surface area contributed by atoms with Crippen molar-refractivity contribution in [2.75, 3.05) is 0 Å². The van der Waals surface area contributed by atoms with Crippen LogP contribution in [-0.4, -0.2) is 0 Å². The van der Waals surface area contributed by atoms with Crippen LogP contribution in [0, 0.1) is 16.3 Å². The van der Waals surface area contributed by atoms with Gasteiger partial charge in [-0.1, -0.05) is 22.0 Å². The van der Waals surface area contributed by atoms with Crippen molar-refractivity contribution < 1.29 is 4.39 Å². The van der Waals surface area contributed by atoms with Gasteiger partial charge in [0.2, 0.25) is 0 Å². The Hall–Kier alpha value is 0.540. The lowest BCUT2D eigenvalue weighted by Crippen LogP contribution is -1.96. The fourth-order valence-electron chi connectivity index (χ4n) is 1.58. The second-order valence-corrected chi connectivity index (χ2v) is 8.30. The molecule has 0 nitrogen and oxygen atoms in total. The predicted molar refractivity (Wildman–Crippen MR) is 86.6 cm³/mol. The summed E-state index contributed by atoms with van der Waals surface area (Å²) in [7, 11) is 0. The summed E-state index contributed by atoms with van der Waals surface area (Å²) in [5.74, 6) is -0.193. The summed E-state index contributed by atoms with van der Waals surface area (Å²) in [6.07, 6.45) is 0. The fraction of sp³-hybridized carbons (Fsp3) is 0.167. The Morgan fingerprint density at radius 2 is 2.00 bits per heavy atom. The van der Waals surface area contributed by atoms with Crippen molar-refractivity contribution in [2.24, 2.45) is 0 Å². The average molecular weight is 490 g/mol. The highest BCUT2D eigenvalue weighted by Crippen LogP contribution is 2.40. The summed E-state index contributed by atoms with van der Waals surface area (Å²) in [6.45, 7) is 2.09. The highest BCUT2D eigenvalue weighted by atomic mass is 127. The average Bonchev–Trinajstić information content (AvgIpc) is 2.57. The molecule has 0 aliphatic rings. The van der Waals surface area contributed by atoms with Crippen LogP contribution < -0.4 is 0 Å². The molecule has 0 aliphatic carbocycles. The van der Waals surface area contributed by atoms with E-state index in [0.717, 1.165) is 12.9 Å². The van der Waals surface area contributed by atoms with Gasteiger partial charge in [0, 0.05) is 8.45 Å². The van der Waals surface area contributed by atoms with E-state index in [4.69, 9.17) is 0 Å². The van der Waals surface area contributed by atoms with Gasteiger partial charge in [0.1, 0.15) is 5.82 Å². The van der Waals surface area contributed by atoms with Crippen LogP contribution in [0.15, 0.2) is 28.1 Å². The summed E-state index contributed by atoms with van der Waals surface area (Å²) < 4.78 is 15.1. The van der Waals surface area contributed by atoms with Crippen LogP contribution >= 0.6 is 65.8 Å². The first-order chi connectivity index (χ1) is 7.99. The maximum atomic E-state index is 13.1. The smallest absolute Gasteiger partial charge is 0.124 e. The van der Waals surface area contributed by atoms with E-state index in [1.165, 1.54) is 16.5 Å². The third kappa shape index (κ3) is 3.11. The van der Waals surface area contributed by atoms with E-state index >= 15 is 0 Å². The SMILES string of the molecule is Cc1sc(Br)cc1C(Br)c1ccc(F)cc1I. The van der Waals surface area contributed by atoms with Crippen molar-refractivity contribution in [3.05, 3.63) is 53.4 Å². The van der Waals surface area contributed by atoms with Gasteiger partial charge in [-0.2, -0.15) is 0 Å². The van der Waals surface area contributed by atoms with E-state index in [1.807, 2.05) is 6.07 Å². The highest BCUT2D eigenvalue weighted by molar-refractivity contribution is 14.1. The quantitative estimate of drug-likeness (QED) is 0.356. The third-order valence-electron chi connectivity index (χ3n) is 2.43. The van der Waals surface area contributed by atoms with Crippen LogP contribution in [0.3, 0.4) is 0 Å². The molecule has 5 heteroatoms. The maximum Gasteiger partial charge on any atom is 0.124 e. The molecule has 90 valence electrons. The largest absolute Gasteiger partial charge is 0.207 e. The van der Waals surface area contributed by atoms with Gasteiger partial charge in [-0.3, -0.25) is 0 Å². The van der Waals surface area contributed by atoms with E-state index < -0.39 is 0 Å². The summed E-state index contributed by atoms with van der Waals surface area (Å²) in [4.78, 5) is 1.37. The molecule has 0 amide bonds. The number of aryl methyl sites for hydroxylation is 1. The van der Waals surface area contributed by atoms with Crippen molar-refractivity contribution in [1.29, 1.82) is 0 Å². The number of halogens is 4. The van der Waals surface area contributed by atoms with Gasteiger partial charge in [-0.15, -0.1) is 11.3 Å². The molecular weight excluding hydrogens is 482 g/mol. The molecule has 1 atom stereocenters. The zero-order valence-corrected chi connectivity index (χ0v) is 15.0. The molecule has 2 rings (SSSR count). The van der Waals surface area contributed by atoms with Crippen LogP contribution in [0.1, 0.15) is 20.8 Å². The third-order valence-corrected chi connectivity index (χ3v) is 5.92. The van der Waals surface area contributed by atoms with E-state index in [1.54, 1.807) is 17.4 Å². The normalized spacial score (nSPS) is 12.8. The molecule has 0 saturated carbocycles. The topological polar surface area (TPSA) is 0 Å². The molecule has 17 heavy (non-hydrogen) atoms. The molecule has 0 saturated heterocycles. The van der Waals surface area contributed by atoms with Crippen LogP contribution in [0.25, 0.3) is 0 Å². The fourth-order valence-corrected chi connectivity index (χ4v) is 5.58. The molecule has 0 fully saturated rings. The Morgan fingerprint density at radius 3 is 2.53 bits per heavy atom. The van der Waals surface area contributed by atoms with Gasteiger partial charge in [-0.05, 0) is 74.8 Å². The lowest BCUT2D eigenvalue weighted by Gasteiger charge is -2.12. The number of alkyl halides is 1. The molecule has 0 radical (unpaired) electrons. The molecule has 0 aliphatic heterocycles. The maximum absolute atomic E-state index is 13.1. The van der Waals surface area contributed by atoms with Crippen molar-refractivity contribution in [3.8, 4) is 0 Å².